The number of halogens is 1. The Hall–Kier alpha value is -5.56. The average molecular weight is 746 g/mol. The molecule has 6 aromatic rings. The van der Waals surface area contributed by atoms with Gasteiger partial charge in [0.25, 0.3) is 0 Å². The predicted molar refractivity (Wildman–Crippen MR) is 204 cm³/mol. The molecule has 6 aromatic carbocycles. The Morgan fingerprint density at radius 1 is 0.673 bits per heavy atom. The van der Waals surface area contributed by atoms with E-state index >= 15 is 0 Å². The van der Waals surface area contributed by atoms with Crippen LogP contribution in [0, 0.1) is 5.92 Å². The van der Waals surface area contributed by atoms with Gasteiger partial charge in [0.2, 0.25) is 0 Å². The molecule has 0 heterocycles. The first-order valence-electron chi connectivity index (χ1n) is 17.3. The second-order valence-electron chi connectivity index (χ2n) is 13.5. The van der Waals surface area contributed by atoms with Crippen LogP contribution >= 0.6 is 15.9 Å². The Bertz CT molecular complexity index is 2370. The van der Waals surface area contributed by atoms with Gasteiger partial charge >= 0.3 is 11.9 Å². The monoisotopic (exact) mass is 744 g/mol. The summed E-state index contributed by atoms with van der Waals surface area (Å²) in [6, 6.07) is 47.0. The molecule has 0 saturated heterocycles. The van der Waals surface area contributed by atoms with Gasteiger partial charge in [-0.05, 0) is 98.5 Å². The van der Waals surface area contributed by atoms with Crippen molar-refractivity contribution in [2.75, 3.05) is 7.11 Å². The summed E-state index contributed by atoms with van der Waals surface area (Å²) >= 11 is 3.66. The zero-order valence-electron chi connectivity index (χ0n) is 28.3. The fourth-order valence-electron chi connectivity index (χ4n) is 9.18. The van der Waals surface area contributed by atoms with Crippen molar-refractivity contribution in [3.8, 4) is 22.6 Å². The van der Waals surface area contributed by atoms with Crippen molar-refractivity contribution in [1.82, 2.24) is 0 Å². The first kappa shape index (κ1) is 32.4. The highest BCUT2D eigenvalue weighted by Gasteiger charge is 2.58. The van der Waals surface area contributed by atoms with E-state index in [2.05, 4.69) is 101 Å². The number of methoxy groups -OCH3 is 1. The first-order valence-corrected chi connectivity index (χ1v) is 18.1. The van der Waals surface area contributed by atoms with E-state index in [-0.39, 0.29) is 11.9 Å². The minimum Gasteiger partial charge on any atom is -0.426 e. The summed E-state index contributed by atoms with van der Waals surface area (Å²) in [5.41, 5.74) is 9.37. The van der Waals surface area contributed by atoms with E-state index in [0.717, 1.165) is 55.1 Å². The van der Waals surface area contributed by atoms with E-state index in [0.29, 0.717) is 17.9 Å². The highest BCUT2D eigenvalue weighted by atomic mass is 79.9. The van der Waals surface area contributed by atoms with Gasteiger partial charge in [-0.3, -0.25) is 4.79 Å². The van der Waals surface area contributed by atoms with Crippen LogP contribution in [0.2, 0.25) is 0 Å². The third kappa shape index (κ3) is 4.57. The van der Waals surface area contributed by atoms with Crippen LogP contribution in [0.15, 0.2) is 157 Å². The predicted octanol–water partition coefficient (Wildman–Crippen LogP) is 9.86. The molecule has 52 heavy (non-hydrogen) atoms. The molecule has 0 aromatic heterocycles. The zero-order chi connectivity index (χ0) is 35.6. The third-order valence-corrected chi connectivity index (χ3v) is 11.7. The molecule has 0 fully saturated rings. The van der Waals surface area contributed by atoms with Gasteiger partial charge in [0.05, 0.1) is 11.3 Å². The molecule has 254 valence electrons. The van der Waals surface area contributed by atoms with Crippen molar-refractivity contribution in [2.24, 2.45) is 5.92 Å². The summed E-state index contributed by atoms with van der Waals surface area (Å²) < 4.78 is 19.1. The summed E-state index contributed by atoms with van der Waals surface area (Å²) in [5, 5.41) is 0. The molecule has 2 bridgehead atoms. The summed E-state index contributed by atoms with van der Waals surface area (Å²) in [5.74, 6) is -0.420. The molecule has 6 heteroatoms. The van der Waals surface area contributed by atoms with Gasteiger partial charge < -0.3 is 14.2 Å². The molecule has 3 atom stereocenters. The topological polar surface area (TPSA) is 61.8 Å². The third-order valence-electron chi connectivity index (χ3n) is 11.2. The van der Waals surface area contributed by atoms with Crippen molar-refractivity contribution in [3.63, 3.8) is 0 Å². The number of fused-ring (bicyclic) bond motifs is 4. The van der Waals surface area contributed by atoms with Crippen LogP contribution in [0.4, 0.5) is 0 Å². The highest BCUT2D eigenvalue weighted by molar-refractivity contribution is 9.10. The van der Waals surface area contributed by atoms with Crippen molar-refractivity contribution >= 4 is 27.9 Å². The van der Waals surface area contributed by atoms with E-state index in [9.17, 15) is 9.59 Å². The van der Waals surface area contributed by atoms with Gasteiger partial charge in [-0.2, -0.15) is 0 Å². The lowest BCUT2D eigenvalue weighted by Crippen LogP contribution is -2.52. The largest absolute Gasteiger partial charge is 0.426 e. The summed E-state index contributed by atoms with van der Waals surface area (Å²) in [6.07, 6.45) is 1.73. The number of ether oxygens (including phenoxy) is 3. The average Bonchev–Trinajstić information content (AvgIpc) is 3.49. The van der Waals surface area contributed by atoms with Crippen LogP contribution < -0.4 is 9.47 Å². The van der Waals surface area contributed by atoms with Crippen LogP contribution in [0.25, 0.3) is 11.1 Å². The molecule has 0 spiro atoms. The Morgan fingerprint density at radius 3 is 1.81 bits per heavy atom. The van der Waals surface area contributed by atoms with Gasteiger partial charge in [-0.1, -0.05) is 126 Å². The number of carbonyl (C=O) groups excluding carboxylic acids is 2. The normalized spacial score (nSPS) is 19.8. The SMILES string of the molecule is C=CC(=O)Oc1ccc(C2(c3ccc(OC(=O)C4CC5c6ccccc6C4(OC)c4ccc(Br)cc45)cc3)c3ccccc3-c3ccccc32)cc1. The lowest BCUT2D eigenvalue weighted by molar-refractivity contribution is -0.153. The van der Waals surface area contributed by atoms with Gasteiger partial charge in [0.15, 0.2) is 0 Å². The molecule has 0 radical (unpaired) electrons. The van der Waals surface area contributed by atoms with Crippen molar-refractivity contribution < 1.29 is 23.8 Å². The van der Waals surface area contributed by atoms with E-state index in [1.807, 2.05) is 60.7 Å². The van der Waals surface area contributed by atoms with E-state index in [1.54, 1.807) is 7.11 Å². The lowest BCUT2D eigenvalue weighted by atomic mass is 9.56. The maximum atomic E-state index is 14.3. The summed E-state index contributed by atoms with van der Waals surface area (Å²) in [7, 11) is 1.69. The fourth-order valence-corrected chi connectivity index (χ4v) is 9.56. The van der Waals surface area contributed by atoms with E-state index in [1.165, 1.54) is 11.1 Å². The van der Waals surface area contributed by atoms with E-state index < -0.39 is 22.9 Å². The Balaban J connectivity index is 1.11. The van der Waals surface area contributed by atoms with Crippen LogP contribution in [0.1, 0.15) is 56.8 Å². The van der Waals surface area contributed by atoms with Crippen LogP contribution in [-0.4, -0.2) is 19.0 Å². The molecule has 4 aliphatic carbocycles. The number of hydrogen-bond acceptors (Lipinski definition) is 5. The van der Waals surface area contributed by atoms with Gasteiger partial charge in [-0.25, -0.2) is 4.79 Å². The molecule has 5 nitrogen and oxygen atoms in total. The second-order valence-corrected chi connectivity index (χ2v) is 14.5. The fraction of sp³-hybridized carbons (Fsp3) is 0.130. The summed E-state index contributed by atoms with van der Waals surface area (Å²) in [4.78, 5) is 26.3. The Kier molecular flexibility index (Phi) is 7.65. The molecule has 0 amide bonds. The minimum atomic E-state index is -0.966. The van der Waals surface area contributed by atoms with Gasteiger partial charge in [-0.15, -0.1) is 0 Å². The molecule has 0 saturated carbocycles. The number of benzene rings is 6. The molecular formula is C46H33BrO5. The molecule has 0 N–H and O–H groups in total. The molecular weight excluding hydrogens is 712 g/mol. The second kappa shape index (κ2) is 12.3. The van der Waals surface area contributed by atoms with Crippen molar-refractivity contribution in [1.29, 1.82) is 0 Å². The number of esters is 2. The van der Waals surface area contributed by atoms with Crippen LogP contribution in [0.5, 0.6) is 11.5 Å². The van der Waals surface area contributed by atoms with Gasteiger partial charge in [0, 0.05) is 23.6 Å². The number of hydrogen-bond donors (Lipinski definition) is 0. The quantitative estimate of drug-likeness (QED) is 0.0924. The molecule has 4 aliphatic rings. The van der Waals surface area contributed by atoms with Crippen LogP contribution in [-0.2, 0) is 25.3 Å². The standard InChI is InChI=1S/C46H33BrO5/c1-3-43(48)51-31-21-16-28(17-22-31)45(38-13-7-4-10-33(38)34-11-5-8-14-39(34)45)29-18-23-32(24-19-29)52-44(49)42-27-36-35-12-6-9-15-40(35)46(42,50-2)41-25-20-30(47)26-37(36)41/h3-26,36,42H,1,27H2,2H3. The van der Waals surface area contributed by atoms with Crippen molar-refractivity contribution in [2.45, 2.75) is 23.4 Å². The van der Waals surface area contributed by atoms with Crippen LogP contribution in [0.3, 0.4) is 0 Å². The zero-order valence-corrected chi connectivity index (χ0v) is 29.9. The molecule has 0 aliphatic heterocycles. The van der Waals surface area contributed by atoms with Crippen molar-refractivity contribution in [3.05, 3.63) is 201 Å². The number of rotatable bonds is 7. The Morgan fingerprint density at radius 2 is 1.21 bits per heavy atom. The van der Waals surface area contributed by atoms with E-state index in [4.69, 9.17) is 14.2 Å². The highest BCUT2D eigenvalue weighted by Crippen LogP contribution is 2.60. The maximum Gasteiger partial charge on any atom is 0.335 e. The summed E-state index contributed by atoms with van der Waals surface area (Å²) in [6.45, 7) is 3.51. The lowest BCUT2D eigenvalue weighted by Gasteiger charge is -2.52. The number of carbonyl (C=O) groups is 2. The minimum absolute atomic E-state index is 0.0506. The first-order chi connectivity index (χ1) is 25.4. The molecule has 10 rings (SSSR count). The smallest absolute Gasteiger partial charge is 0.335 e. The molecule has 3 unspecified atom stereocenters. The Labute approximate surface area is 310 Å². The maximum absolute atomic E-state index is 14.3. The van der Waals surface area contributed by atoms with Gasteiger partial charge in [0.1, 0.15) is 17.1 Å².